The van der Waals surface area contributed by atoms with Gasteiger partial charge in [0.25, 0.3) is 5.91 Å². The molecule has 2 heterocycles. The summed E-state index contributed by atoms with van der Waals surface area (Å²) in [6.07, 6.45) is 3.09. The summed E-state index contributed by atoms with van der Waals surface area (Å²) < 4.78 is 6.86. The van der Waals surface area contributed by atoms with Crippen molar-refractivity contribution in [1.82, 2.24) is 14.6 Å². The van der Waals surface area contributed by atoms with E-state index in [0.717, 1.165) is 16.8 Å². The van der Waals surface area contributed by atoms with Crippen LogP contribution in [0, 0.1) is 18.3 Å². The fraction of sp³-hybridized carbons (Fsp3) is 0.160. The van der Waals surface area contributed by atoms with Crippen LogP contribution >= 0.6 is 11.6 Å². The maximum atomic E-state index is 12.9. The number of esters is 1. The van der Waals surface area contributed by atoms with E-state index >= 15 is 0 Å². The highest BCUT2D eigenvalue weighted by atomic mass is 35.5. The average molecular weight is 474 g/mol. The lowest BCUT2D eigenvalue weighted by Gasteiger charge is -2.22. The summed E-state index contributed by atoms with van der Waals surface area (Å²) in [6.45, 7) is 1.48. The molecule has 0 saturated carbocycles. The van der Waals surface area contributed by atoms with E-state index in [0.29, 0.717) is 16.4 Å². The lowest BCUT2D eigenvalue weighted by molar-refractivity contribution is -0.121. The lowest BCUT2D eigenvalue weighted by Crippen LogP contribution is -2.35. The van der Waals surface area contributed by atoms with Crippen molar-refractivity contribution in [3.05, 3.63) is 83.1 Å². The van der Waals surface area contributed by atoms with Crippen molar-refractivity contribution in [2.45, 2.75) is 13.3 Å². The Morgan fingerprint density at radius 2 is 1.97 bits per heavy atom. The second kappa shape index (κ2) is 10.1. The van der Waals surface area contributed by atoms with Crippen molar-refractivity contribution >= 4 is 34.8 Å². The van der Waals surface area contributed by atoms with Crippen LogP contribution in [-0.4, -0.2) is 39.6 Å². The predicted octanol–water partition coefficient (Wildman–Crippen LogP) is 4.46. The van der Waals surface area contributed by atoms with E-state index in [1.165, 1.54) is 11.1 Å². The highest BCUT2D eigenvalue weighted by molar-refractivity contribution is 6.31. The number of carbonyl (C=O) groups is 2. The summed E-state index contributed by atoms with van der Waals surface area (Å²) in [5.74, 6) is -1.17. The monoisotopic (exact) mass is 473 g/mol. The summed E-state index contributed by atoms with van der Waals surface area (Å²) in [5.41, 5.74) is 3.52. The molecule has 1 amide bonds. The number of hydrogen-bond acceptors (Lipinski definition) is 6. The van der Waals surface area contributed by atoms with Crippen LogP contribution in [-0.2, 0) is 9.53 Å². The van der Waals surface area contributed by atoms with Crippen molar-refractivity contribution in [2.75, 3.05) is 18.1 Å². The van der Waals surface area contributed by atoms with E-state index in [1.807, 2.05) is 43.3 Å². The molecule has 2 aromatic carbocycles. The number of nitrogens with zero attached hydrogens (tertiary/aromatic N) is 5. The molecule has 0 N–H and O–H groups in total. The first-order valence-electron chi connectivity index (χ1n) is 10.5. The van der Waals surface area contributed by atoms with E-state index in [-0.39, 0.29) is 18.5 Å². The van der Waals surface area contributed by atoms with Crippen LogP contribution in [0.5, 0.6) is 0 Å². The van der Waals surface area contributed by atoms with Crippen LogP contribution in [0.3, 0.4) is 0 Å². The topological polar surface area (TPSA) is 101 Å². The van der Waals surface area contributed by atoms with Crippen LogP contribution in [0.25, 0.3) is 16.9 Å². The van der Waals surface area contributed by atoms with Gasteiger partial charge < -0.3 is 9.64 Å². The minimum absolute atomic E-state index is 0.127. The molecular weight excluding hydrogens is 454 g/mol. The number of fused-ring (bicyclic) bond motifs is 1. The first kappa shape index (κ1) is 23.0. The van der Waals surface area contributed by atoms with Gasteiger partial charge in [-0.25, -0.2) is 14.3 Å². The fourth-order valence-corrected chi connectivity index (χ4v) is 3.62. The molecule has 0 atom stereocenters. The molecule has 0 fully saturated rings. The Labute approximate surface area is 201 Å². The molecule has 2 aromatic heterocycles. The van der Waals surface area contributed by atoms with E-state index in [4.69, 9.17) is 21.6 Å². The van der Waals surface area contributed by atoms with Crippen molar-refractivity contribution in [1.29, 1.82) is 5.26 Å². The number of anilines is 1. The van der Waals surface area contributed by atoms with Gasteiger partial charge in [-0.2, -0.15) is 10.4 Å². The Morgan fingerprint density at radius 3 is 2.71 bits per heavy atom. The molecule has 0 radical (unpaired) electrons. The zero-order chi connectivity index (χ0) is 24.1. The number of benzene rings is 2. The fourth-order valence-electron chi connectivity index (χ4n) is 3.50. The molecule has 4 rings (SSSR count). The number of aromatic nitrogens is 3. The molecule has 170 valence electrons. The molecule has 0 aliphatic rings. The van der Waals surface area contributed by atoms with E-state index in [1.54, 1.807) is 35.0 Å². The molecular formula is C25H20ClN5O3. The van der Waals surface area contributed by atoms with Crippen molar-refractivity contribution in [3.8, 4) is 17.3 Å². The predicted molar refractivity (Wildman–Crippen MR) is 127 cm³/mol. The molecule has 8 nitrogen and oxygen atoms in total. The number of aryl methyl sites for hydroxylation is 1. The third-order valence-corrected chi connectivity index (χ3v) is 5.64. The first-order valence-corrected chi connectivity index (χ1v) is 10.9. The first-order chi connectivity index (χ1) is 16.5. The standard InChI is InChI=1S/C25H20ClN5O3/c1-17-14-19(8-9-21(17)26)30(13-5-11-27)23(32)16-34-25(33)20-15-29-31-22(10-12-28-24(20)31)18-6-3-2-4-7-18/h2-4,6-10,12,14-15H,5,13,16H2,1H3. The normalized spacial score (nSPS) is 10.6. The highest BCUT2D eigenvalue weighted by Gasteiger charge is 2.22. The van der Waals surface area contributed by atoms with Gasteiger partial charge in [-0.3, -0.25) is 4.79 Å². The third kappa shape index (κ3) is 4.75. The van der Waals surface area contributed by atoms with Gasteiger partial charge in [0.2, 0.25) is 0 Å². The second-order valence-corrected chi connectivity index (χ2v) is 7.86. The summed E-state index contributed by atoms with van der Waals surface area (Å²) in [6, 6.07) is 18.5. The van der Waals surface area contributed by atoms with Gasteiger partial charge in [0.15, 0.2) is 12.3 Å². The van der Waals surface area contributed by atoms with E-state index < -0.39 is 18.5 Å². The molecule has 0 bridgehead atoms. The summed E-state index contributed by atoms with van der Waals surface area (Å²) >= 11 is 6.09. The smallest absolute Gasteiger partial charge is 0.344 e. The Balaban J connectivity index is 1.53. The number of halogens is 1. The maximum Gasteiger partial charge on any atom is 0.344 e. The Morgan fingerprint density at radius 1 is 1.18 bits per heavy atom. The highest BCUT2D eigenvalue weighted by Crippen LogP contribution is 2.24. The molecule has 0 saturated heterocycles. The van der Waals surface area contributed by atoms with Crippen molar-refractivity contribution in [2.24, 2.45) is 0 Å². The molecule has 0 aliphatic carbocycles. The molecule has 9 heteroatoms. The van der Waals surface area contributed by atoms with Crippen LogP contribution in [0.15, 0.2) is 67.0 Å². The molecule has 34 heavy (non-hydrogen) atoms. The number of ether oxygens (including phenoxy) is 1. The number of hydrogen-bond donors (Lipinski definition) is 0. The van der Waals surface area contributed by atoms with Crippen LogP contribution < -0.4 is 4.90 Å². The number of rotatable bonds is 7. The minimum Gasteiger partial charge on any atom is -0.452 e. The average Bonchev–Trinajstić information content (AvgIpc) is 3.30. The SMILES string of the molecule is Cc1cc(N(CCC#N)C(=O)COC(=O)c2cnn3c(-c4ccccc4)ccnc23)ccc1Cl. The Hall–Kier alpha value is -4.22. The number of nitriles is 1. The number of amides is 1. The van der Waals surface area contributed by atoms with Gasteiger partial charge in [0, 0.05) is 29.0 Å². The van der Waals surface area contributed by atoms with E-state index in [2.05, 4.69) is 10.1 Å². The molecule has 0 unspecified atom stereocenters. The number of carbonyl (C=O) groups excluding carboxylic acids is 2. The van der Waals surface area contributed by atoms with Crippen LogP contribution in [0.2, 0.25) is 5.02 Å². The Bertz CT molecular complexity index is 1390. The second-order valence-electron chi connectivity index (χ2n) is 7.45. The van der Waals surface area contributed by atoms with Crippen molar-refractivity contribution < 1.29 is 14.3 Å². The summed E-state index contributed by atoms with van der Waals surface area (Å²) in [7, 11) is 0. The Kier molecular flexibility index (Phi) is 6.85. The van der Waals surface area contributed by atoms with Crippen LogP contribution in [0.4, 0.5) is 5.69 Å². The third-order valence-electron chi connectivity index (χ3n) is 5.22. The van der Waals surface area contributed by atoms with Gasteiger partial charge in [-0.1, -0.05) is 41.9 Å². The maximum absolute atomic E-state index is 12.9. The zero-order valence-electron chi connectivity index (χ0n) is 18.3. The van der Waals surface area contributed by atoms with Gasteiger partial charge in [-0.05, 0) is 36.8 Å². The molecule has 4 aromatic rings. The van der Waals surface area contributed by atoms with Gasteiger partial charge in [-0.15, -0.1) is 0 Å². The molecule has 0 spiro atoms. The van der Waals surface area contributed by atoms with Gasteiger partial charge in [0.1, 0.15) is 5.56 Å². The van der Waals surface area contributed by atoms with E-state index in [9.17, 15) is 9.59 Å². The van der Waals surface area contributed by atoms with Crippen molar-refractivity contribution in [3.63, 3.8) is 0 Å². The minimum atomic E-state index is -0.714. The van der Waals surface area contributed by atoms with Gasteiger partial charge in [0.05, 0.1) is 24.4 Å². The van der Waals surface area contributed by atoms with Crippen LogP contribution in [0.1, 0.15) is 22.3 Å². The zero-order valence-corrected chi connectivity index (χ0v) is 19.1. The summed E-state index contributed by atoms with van der Waals surface area (Å²) in [4.78, 5) is 31.4. The van der Waals surface area contributed by atoms with Gasteiger partial charge >= 0.3 is 5.97 Å². The largest absolute Gasteiger partial charge is 0.452 e. The summed E-state index contributed by atoms with van der Waals surface area (Å²) in [5, 5.41) is 13.8. The lowest BCUT2D eigenvalue weighted by atomic mass is 10.1. The quantitative estimate of drug-likeness (QED) is 0.367. The molecule has 0 aliphatic heterocycles.